The molecule has 2 bridgehead atoms. The van der Waals surface area contributed by atoms with Crippen molar-refractivity contribution in [2.75, 3.05) is 34.7 Å². The zero-order chi connectivity index (χ0) is 27.6. The predicted octanol–water partition coefficient (Wildman–Crippen LogP) is 3.42. The molecule has 0 fully saturated rings. The molecular formula is C28H34O10. The molecule has 2 aromatic rings. The normalized spacial score (nSPS) is 29.7. The van der Waals surface area contributed by atoms with Gasteiger partial charge in [-0.25, -0.2) is 4.79 Å². The lowest BCUT2D eigenvalue weighted by Crippen LogP contribution is -2.49. The number of esters is 1. The molecule has 38 heavy (non-hydrogen) atoms. The summed E-state index contributed by atoms with van der Waals surface area (Å²) in [7, 11) is 4.47. The Hall–Kier alpha value is -3.37. The van der Waals surface area contributed by atoms with Crippen LogP contribution in [0, 0.1) is 11.8 Å². The monoisotopic (exact) mass is 530 g/mol. The van der Waals surface area contributed by atoms with Gasteiger partial charge in [-0.1, -0.05) is 13.8 Å². The Balaban J connectivity index is 1.98. The first kappa shape index (κ1) is 26.2. The summed E-state index contributed by atoms with van der Waals surface area (Å²) >= 11 is 0. The summed E-state index contributed by atoms with van der Waals surface area (Å²) < 4.78 is 41.2. The minimum atomic E-state index is -1.92. The second kappa shape index (κ2) is 9.13. The quantitative estimate of drug-likeness (QED) is 0.571. The Morgan fingerprint density at radius 3 is 2.26 bits per heavy atom. The van der Waals surface area contributed by atoms with E-state index in [1.807, 2.05) is 13.0 Å². The Bertz CT molecular complexity index is 1280. The summed E-state index contributed by atoms with van der Waals surface area (Å²) in [5, 5.41) is 23.3. The van der Waals surface area contributed by atoms with E-state index in [1.54, 1.807) is 19.9 Å². The van der Waals surface area contributed by atoms with Crippen molar-refractivity contribution in [1.29, 1.82) is 0 Å². The zero-order valence-electron chi connectivity index (χ0n) is 22.7. The fourth-order valence-corrected chi connectivity index (χ4v) is 5.37. The topological polar surface area (TPSA) is 122 Å². The van der Waals surface area contributed by atoms with E-state index < -0.39 is 35.1 Å². The van der Waals surface area contributed by atoms with Crippen molar-refractivity contribution in [2.45, 2.75) is 51.4 Å². The van der Waals surface area contributed by atoms with Gasteiger partial charge in [0.25, 0.3) is 0 Å². The van der Waals surface area contributed by atoms with Crippen LogP contribution in [0.2, 0.25) is 0 Å². The summed E-state index contributed by atoms with van der Waals surface area (Å²) in [4.78, 5) is 13.5. The molecule has 10 nitrogen and oxygen atoms in total. The Labute approximate surface area is 221 Å². The lowest BCUT2D eigenvalue weighted by atomic mass is 9.73. The molecule has 206 valence electrons. The highest BCUT2D eigenvalue weighted by molar-refractivity contribution is 5.89. The van der Waals surface area contributed by atoms with Crippen LogP contribution in [0.1, 0.15) is 44.9 Å². The van der Waals surface area contributed by atoms with Gasteiger partial charge in [0.15, 0.2) is 34.7 Å². The summed E-state index contributed by atoms with van der Waals surface area (Å²) in [6.45, 7) is 6.54. The van der Waals surface area contributed by atoms with Gasteiger partial charge >= 0.3 is 5.97 Å². The molecule has 0 aromatic heterocycles. The van der Waals surface area contributed by atoms with Crippen molar-refractivity contribution in [3.05, 3.63) is 23.3 Å². The first-order valence-corrected chi connectivity index (χ1v) is 12.5. The summed E-state index contributed by atoms with van der Waals surface area (Å²) in [5.74, 6) is 0.241. The molecule has 10 heteroatoms. The van der Waals surface area contributed by atoms with E-state index in [1.165, 1.54) is 28.3 Å². The molecule has 0 saturated carbocycles. The van der Waals surface area contributed by atoms with Crippen molar-refractivity contribution in [3.63, 3.8) is 0 Å². The molecule has 0 amide bonds. The van der Waals surface area contributed by atoms with Gasteiger partial charge in [-0.05, 0) is 43.9 Å². The molecule has 5 rings (SSSR count). The van der Waals surface area contributed by atoms with E-state index in [4.69, 9.17) is 33.2 Å². The minimum Gasteiger partial charge on any atom is -0.493 e. The number of ether oxygens (including phenoxy) is 7. The van der Waals surface area contributed by atoms with E-state index in [0.29, 0.717) is 57.6 Å². The number of rotatable bonds is 3. The molecule has 2 N–H and O–H groups in total. The minimum absolute atomic E-state index is 0.00920. The highest BCUT2D eigenvalue weighted by Crippen LogP contribution is 2.59. The second-order valence-electron chi connectivity index (χ2n) is 10.6. The summed E-state index contributed by atoms with van der Waals surface area (Å²) in [6, 6.07) is 3.54. The largest absolute Gasteiger partial charge is 0.493 e. The third-order valence-electron chi connectivity index (χ3n) is 8.22. The first-order valence-electron chi connectivity index (χ1n) is 12.5. The van der Waals surface area contributed by atoms with Crippen LogP contribution in [0.3, 0.4) is 0 Å². The van der Waals surface area contributed by atoms with Crippen molar-refractivity contribution in [3.8, 4) is 45.6 Å². The number of benzene rings is 2. The van der Waals surface area contributed by atoms with Gasteiger partial charge in [0.05, 0.1) is 27.9 Å². The number of fused-ring (bicyclic) bond motifs is 2. The van der Waals surface area contributed by atoms with Crippen LogP contribution in [-0.2, 0) is 16.0 Å². The van der Waals surface area contributed by atoms with E-state index in [9.17, 15) is 15.0 Å². The smallest absolute Gasteiger partial charge is 0.338 e. The Morgan fingerprint density at radius 2 is 1.61 bits per heavy atom. The molecular weight excluding hydrogens is 496 g/mol. The van der Waals surface area contributed by atoms with Crippen LogP contribution in [-0.4, -0.2) is 62.1 Å². The van der Waals surface area contributed by atoms with E-state index in [-0.39, 0.29) is 13.4 Å². The molecule has 0 unspecified atom stereocenters. The highest BCUT2D eigenvalue weighted by Gasteiger charge is 2.50. The molecule has 0 spiro atoms. The third kappa shape index (κ3) is 3.72. The number of aliphatic hydroxyl groups is 2. The average molecular weight is 531 g/mol. The van der Waals surface area contributed by atoms with Crippen LogP contribution in [0.4, 0.5) is 0 Å². The maximum absolute atomic E-state index is 13.5. The number of carbonyl (C=O) groups excluding carboxylic acids is 1. The number of carbonyl (C=O) groups is 1. The van der Waals surface area contributed by atoms with E-state index in [0.717, 1.165) is 5.56 Å². The molecule has 2 heterocycles. The fraction of sp³-hybridized carbons (Fsp3) is 0.536. The van der Waals surface area contributed by atoms with Crippen molar-refractivity contribution >= 4 is 5.97 Å². The SMILES string of the molecule is COc1cc2c(c(OC)c1OC)-c1c3cc4c(c1OC[C@@H](C)[C@@](C)(O)C(=O)O[C@H]2[C@](C)(O)[C@@H](C)C3)OCO4. The van der Waals surface area contributed by atoms with Gasteiger partial charge in [0.2, 0.25) is 18.3 Å². The number of hydrogen-bond donors (Lipinski definition) is 2. The van der Waals surface area contributed by atoms with Crippen molar-refractivity contribution in [2.24, 2.45) is 11.8 Å². The van der Waals surface area contributed by atoms with Gasteiger partial charge in [0, 0.05) is 22.6 Å². The predicted molar refractivity (Wildman–Crippen MR) is 135 cm³/mol. The van der Waals surface area contributed by atoms with Gasteiger partial charge in [-0.3, -0.25) is 0 Å². The standard InChI is InChI=1S/C28H34O10/c1-13-8-15-9-18-22(37-12-36-18)24-19(15)20-16(10-17(32-5)21(33-6)23(20)34-7)25(27(13,3)30)38-26(29)28(4,31)14(2)11-35-24/h9-10,13-14,25,30-31H,8,11-12H2,1-7H3/t13-,14+,25+,27+,28+/m0/s1. The average Bonchev–Trinajstić information content (AvgIpc) is 3.35. The van der Waals surface area contributed by atoms with Gasteiger partial charge in [0.1, 0.15) is 5.60 Å². The summed E-state index contributed by atoms with van der Waals surface area (Å²) in [6.07, 6.45) is -0.830. The second-order valence-corrected chi connectivity index (χ2v) is 10.6. The number of hydrogen-bond acceptors (Lipinski definition) is 10. The number of methoxy groups -OCH3 is 3. The van der Waals surface area contributed by atoms with Crippen LogP contribution in [0.15, 0.2) is 12.1 Å². The molecule has 2 aliphatic heterocycles. The molecule has 2 aromatic carbocycles. The highest BCUT2D eigenvalue weighted by atomic mass is 16.7. The first-order chi connectivity index (χ1) is 18.0. The maximum atomic E-state index is 13.5. The Morgan fingerprint density at radius 1 is 0.895 bits per heavy atom. The van der Waals surface area contributed by atoms with E-state index in [2.05, 4.69) is 0 Å². The zero-order valence-corrected chi connectivity index (χ0v) is 22.7. The molecule has 5 atom stereocenters. The van der Waals surface area contributed by atoms with E-state index >= 15 is 0 Å². The summed E-state index contributed by atoms with van der Waals surface area (Å²) in [5.41, 5.74) is -1.15. The molecule has 0 saturated heterocycles. The maximum Gasteiger partial charge on any atom is 0.338 e. The lowest BCUT2D eigenvalue weighted by molar-refractivity contribution is -0.194. The van der Waals surface area contributed by atoms with Crippen molar-refractivity contribution < 1.29 is 48.2 Å². The lowest BCUT2D eigenvalue weighted by Gasteiger charge is -2.41. The Kier molecular flexibility index (Phi) is 6.30. The molecule has 0 radical (unpaired) electrons. The van der Waals surface area contributed by atoms with Gasteiger partial charge < -0.3 is 43.4 Å². The van der Waals surface area contributed by atoms with Crippen LogP contribution in [0.25, 0.3) is 11.1 Å². The fourth-order valence-electron chi connectivity index (χ4n) is 5.37. The van der Waals surface area contributed by atoms with Crippen molar-refractivity contribution in [1.82, 2.24) is 0 Å². The van der Waals surface area contributed by atoms with Crippen LogP contribution >= 0.6 is 0 Å². The van der Waals surface area contributed by atoms with Crippen LogP contribution in [0.5, 0.6) is 34.5 Å². The van der Waals surface area contributed by atoms with Crippen LogP contribution < -0.4 is 28.4 Å². The molecule has 1 aliphatic carbocycles. The molecule has 3 aliphatic rings. The third-order valence-corrected chi connectivity index (χ3v) is 8.22. The van der Waals surface area contributed by atoms with Gasteiger partial charge in [-0.15, -0.1) is 0 Å². The van der Waals surface area contributed by atoms with Gasteiger partial charge in [-0.2, -0.15) is 0 Å².